The molecular weight excluding hydrogens is 1210 g/mol. The van der Waals surface area contributed by atoms with Crippen molar-refractivity contribution in [3.05, 3.63) is 0 Å². The van der Waals surface area contributed by atoms with Gasteiger partial charge in [0.1, 0.15) is 19.3 Å². The summed E-state index contributed by atoms with van der Waals surface area (Å²) in [6.45, 7) is 14.2. The van der Waals surface area contributed by atoms with E-state index in [0.717, 1.165) is 120 Å². The van der Waals surface area contributed by atoms with E-state index in [1.54, 1.807) is 0 Å². The summed E-state index contributed by atoms with van der Waals surface area (Å²) in [5.74, 6) is 0.978. The summed E-state index contributed by atoms with van der Waals surface area (Å²) < 4.78 is 68.4. The molecule has 0 aromatic rings. The van der Waals surface area contributed by atoms with E-state index in [9.17, 15) is 43.2 Å². The van der Waals surface area contributed by atoms with Gasteiger partial charge in [-0.3, -0.25) is 37.3 Å². The van der Waals surface area contributed by atoms with Gasteiger partial charge in [-0.15, -0.1) is 0 Å². The predicted molar refractivity (Wildman–Crippen MR) is 372 cm³/mol. The average Bonchev–Trinajstić information content (AvgIpc) is 2.95. The molecule has 0 fully saturated rings. The van der Waals surface area contributed by atoms with Gasteiger partial charge in [0.05, 0.1) is 26.4 Å². The van der Waals surface area contributed by atoms with Gasteiger partial charge in [0, 0.05) is 25.7 Å². The molecule has 0 saturated carbocycles. The fourth-order valence-electron chi connectivity index (χ4n) is 10.9. The summed E-state index contributed by atoms with van der Waals surface area (Å²) in [5.41, 5.74) is 0. The SMILES string of the molecule is CCC(C)CCCCCCCCCCCCCCCCC(=O)O[C@H](COC(=O)CCCCCCCCCCCCC(C)CC)COP(=O)(O)OC[C@@H](O)COP(=O)(O)OC[C@@H](COC(=O)CCCCCCCCC(C)CC)OC(=O)CCCCCCCCC(C)CC. The fraction of sp³-hybridized carbons (Fsp3) is 0.945. The van der Waals surface area contributed by atoms with Crippen molar-refractivity contribution in [1.82, 2.24) is 0 Å². The van der Waals surface area contributed by atoms with Crippen LogP contribution in [0.4, 0.5) is 0 Å². The third-order valence-electron chi connectivity index (χ3n) is 18.3. The van der Waals surface area contributed by atoms with E-state index < -0.39 is 97.5 Å². The van der Waals surface area contributed by atoms with Crippen molar-refractivity contribution in [2.24, 2.45) is 23.7 Å². The first-order valence-corrected chi connectivity index (χ1v) is 40.8. The van der Waals surface area contributed by atoms with Gasteiger partial charge in [0.15, 0.2) is 12.2 Å². The first-order chi connectivity index (χ1) is 44.2. The molecule has 0 bridgehead atoms. The van der Waals surface area contributed by atoms with Crippen LogP contribution in [0.25, 0.3) is 0 Å². The van der Waals surface area contributed by atoms with Crippen LogP contribution in [-0.2, 0) is 65.4 Å². The molecule has 92 heavy (non-hydrogen) atoms. The number of aliphatic hydroxyl groups is 1. The standard InChI is InChI=1S/C73H142O17P2/c1-9-63(5)49-41-33-25-21-17-15-13-14-16-18-24-28-39-47-55-72(77)89-68(59-83-70(75)53-45-37-27-23-20-19-22-26-34-42-50-64(6)10-2)61-87-91(79,80)85-57-67(74)58-86-92(81,82)88-62-69(90-73(78)56-48-40-32-30-36-44-52-66(8)12-4)60-84-71(76)54-46-38-31-29-35-43-51-65(7)11-3/h63-69,74H,9-62H2,1-8H3,(H,79,80)(H,81,82)/t63?,64?,65?,66?,67-,68-,69-/m1/s1. The lowest BCUT2D eigenvalue weighted by Crippen LogP contribution is -2.30. The first-order valence-electron chi connectivity index (χ1n) is 37.9. The van der Waals surface area contributed by atoms with Gasteiger partial charge in [0.2, 0.25) is 0 Å². The molecule has 0 rings (SSSR count). The molecule has 17 nitrogen and oxygen atoms in total. The van der Waals surface area contributed by atoms with Crippen molar-refractivity contribution in [1.29, 1.82) is 0 Å². The average molecular weight is 1350 g/mol. The molecule has 0 amide bonds. The quantitative estimate of drug-likeness (QED) is 0.0222. The monoisotopic (exact) mass is 1350 g/mol. The third kappa shape index (κ3) is 61.6. The Morgan fingerprint density at radius 2 is 0.489 bits per heavy atom. The largest absolute Gasteiger partial charge is 0.472 e. The minimum atomic E-state index is -4.96. The van der Waals surface area contributed by atoms with Crippen molar-refractivity contribution in [3.8, 4) is 0 Å². The molecule has 0 aliphatic rings. The van der Waals surface area contributed by atoms with Gasteiger partial charge in [0.25, 0.3) is 0 Å². The fourth-order valence-corrected chi connectivity index (χ4v) is 12.5. The molecule has 0 aliphatic carbocycles. The highest BCUT2D eigenvalue weighted by atomic mass is 31.2. The first kappa shape index (κ1) is 90.1. The number of carbonyl (C=O) groups excluding carboxylic acids is 4. The van der Waals surface area contributed by atoms with Crippen LogP contribution in [0.1, 0.15) is 364 Å². The molecule has 0 aliphatic heterocycles. The minimum Gasteiger partial charge on any atom is -0.462 e. The molecule has 0 heterocycles. The van der Waals surface area contributed by atoms with Gasteiger partial charge in [-0.25, -0.2) is 9.13 Å². The number of hydrogen-bond donors (Lipinski definition) is 3. The van der Waals surface area contributed by atoms with Crippen LogP contribution in [0.15, 0.2) is 0 Å². The maximum absolute atomic E-state index is 13.1. The lowest BCUT2D eigenvalue weighted by Gasteiger charge is -2.21. The number of hydrogen-bond acceptors (Lipinski definition) is 15. The Bertz CT molecular complexity index is 1820. The highest BCUT2D eigenvalue weighted by molar-refractivity contribution is 7.47. The van der Waals surface area contributed by atoms with Crippen LogP contribution in [0.3, 0.4) is 0 Å². The lowest BCUT2D eigenvalue weighted by molar-refractivity contribution is -0.161. The second-order valence-corrected chi connectivity index (χ2v) is 30.2. The zero-order valence-electron chi connectivity index (χ0n) is 60.2. The molecule has 3 N–H and O–H groups in total. The Kier molecular flexibility index (Phi) is 61.3. The van der Waals surface area contributed by atoms with Crippen molar-refractivity contribution < 1.29 is 80.2 Å². The van der Waals surface area contributed by atoms with E-state index in [2.05, 4.69) is 55.4 Å². The number of rotatable bonds is 70. The minimum absolute atomic E-state index is 0.102. The van der Waals surface area contributed by atoms with Crippen LogP contribution in [0.5, 0.6) is 0 Å². The maximum atomic E-state index is 13.1. The summed E-state index contributed by atoms with van der Waals surface area (Å²) >= 11 is 0. The summed E-state index contributed by atoms with van der Waals surface area (Å²) in [7, 11) is -9.91. The number of phosphoric acid groups is 2. The van der Waals surface area contributed by atoms with Crippen LogP contribution >= 0.6 is 15.6 Å². The van der Waals surface area contributed by atoms with E-state index in [1.165, 1.54) is 161 Å². The van der Waals surface area contributed by atoms with Crippen molar-refractivity contribution in [2.45, 2.75) is 382 Å². The molecule has 6 unspecified atom stereocenters. The zero-order chi connectivity index (χ0) is 68.2. The van der Waals surface area contributed by atoms with Crippen molar-refractivity contribution >= 4 is 39.5 Å². The Morgan fingerprint density at radius 1 is 0.293 bits per heavy atom. The van der Waals surface area contributed by atoms with Crippen molar-refractivity contribution in [2.75, 3.05) is 39.6 Å². The van der Waals surface area contributed by atoms with Gasteiger partial charge in [-0.1, -0.05) is 312 Å². The van der Waals surface area contributed by atoms with Crippen molar-refractivity contribution in [3.63, 3.8) is 0 Å². The number of ether oxygens (including phenoxy) is 4. The van der Waals surface area contributed by atoms with Gasteiger partial charge in [-0.05, 0) is 49.4 Å². The lowest BCUT2D eigenvalue weighted by atomic mass is 9.99. The molecule has 9 atom stereocenters. The Morgan fingerprint density at radius 3 is 0.717 bits per heavy atom. The Hall–Kier alpha value is -1.94. The third-order valence-corrected chi connectivity index (χ3v) is 20.2. The summed E-state index contributed by atoms with van der Waals surface area (Å²) in [5, 5.41) is 10.6. The zero-order valence-corrected chi connectivity index (χ0v) is 62.0. The topological polar surface area (TPSA) is 237 Å². The van der Waals surface area contributed by atoms with Crippen LogP contribution in [0.2, 0.25) is 0 Å². The van der Waals surface area contributed by atoms with E-state index in [-0.39, 0.29) is 25.7 Å². The summed E-state index contributed by atoms with van der Waals surface area (Å²) in [6.07, 6.45) is 45.8. The van der Waals surface area contributed by atoms with E-state index in [4.69, 9.17) is 37.0 Å². The van der Waals surface area contributed by atoms with Gasteiger partial charge in [-0.2, -0.15) is 0 Å². The number of phosphoric ester groups is 2. The predicted octanol–water partition coefficient (Wildman–Crippen LogP) is 20.9. The second-order valence-electron chi connectivity index (χ2n) is 27.3. The number of aliphatic hydroxyl groups excluding tert-OH is 1. The van der Waals surface area contributed by atoms with Gasteiger partial charge < -0.3 is 33.8 Å². The Balaban J connectivity index is 5.25. The second kappa shape index (κ2) is 62.6. The molecule has 0 radical (unpaired) electrons. The molecule has 546 valence electrons. The maximum Gasteiger partial charge on any atom is 0.472 e. The van der Waals surface area contributed by atoms with E-state index in [1.807, 2.05) is 0 Å². The van der Waals surface area contributed by atoms with Crippen LogP contribution < -0.4 is 0 Å². The van der Waals surface area contributed by atoms with E-state index in [0.29, 0.717) is 25.7 Å². The molecule has 0 spiro atoms. The number of esters is 4. The van der Waals surface area contributed by atoms with E-state index >= 15 is 0 Å². The smallest absolute Gasteiger partial charge is 0.462 e. The summed E-state index contributed by atoms with van der Waals surface area (Å²) in [6, 6.07) is 0. The molecular formula is C73H142O17P2. The van der Waals surface area contributed by atoms with Gasteiger partial charge >= 0.3 is 39.5 Å². The van der Waals surface area contributed by atoms with Crippen LogP contribution in [-0.4, -0.2) is 96.7 Å². The highest BCUT2D eigenvalue weighted by Gasteiger charge is 2.30. The number of carbonyl (C=O) groups is 4. The molecule has 0 aromatic carbocycles. The molecule has 0 aromatic heterocycles. The highest BCUT2D eigenvalue weighted by Crippen LogP contribution is 2.45. The molecule has 19 heteroatoms. The Labute approximate surface area is 562 Å². The van der Waals surface area contributed by atoms with Crippen LogP contribution in [0, 0.1) is 23.7 Å². The summed E-state index contributed by atoms with van der Waals surface area (Å²) in [4.78, 5) is 72.6. The number of unbranched alkanes of at least 4 members (excludes halogenated alkanes) is 32. The molecule has 0 saturated heterocycles. The normalized spacial score (nSPS) is 15.4.